The smallest absolute Gasteiger partial charge is 0.250 e. The highest BCUT2D eigenvalue weighted by Gasteiger charge is 1.90. The Bertz CT molecular complexity index is 381. The van der Waals surface area contributed by atoms with E-state index in [1.807, 2.05) is 18.2 Å². The molecule has 0 N–H and O–H groups in total. The first kappa shape index (κ1) is 7.67. The van der Waals surface area contributed by atoms with Crippen LogP contribution in [0.1, 0.15) is 11.5 Å². The van der Waals surface area contributed by atoms with Gasteiger partial charge >= 0.3 is 0 Å². The Morgan fingerprint density at radius 3 is 3.00 bits per heavy atom. The monoisotopic (exact) mass is 173 g/mol. The van der Waals surface area contributed by atoms with E-state index in [-0.39, 0.29) is 0 Å². The summed E-state index contributed by atoms with van der Waals surface area (Å²) in [5.74, 6) is 0.490. The summed E-state index contributed by atoms with van der Waals surface area (Å²) in [5.41, 5.74) is 1.00. The fraction of sp³-hybridized carbons (Fsp3) is 0. The molecule has 0 fully saturated rings. The molecule has 0 aromatic carbocycles. The van der Waals surface area contributed by atoms with Gasteiger partial charge < -0.3 is 4.52 Å². The van der Waals surface area contributed by atoms with Gasteiger partial charge in [0.1, 0.15) is 0 Å². The summed E-state index contributed by atoms with van der Waals surface area (Å²) in [5, 5.41) is 3.48. The molecule has 0 amide bonds. The Labute approximate surface area is 74.9 Å². The van der Waals surface area contributed by atoms with Crippen LogP contribution in [0, 0.1) is 0 Å². The highest BCUT2D eigenvalue weighted by Crippen LogP contribution is 2.02. The van der Waals surface area contributed by atoms with E-state index in [1.54, 1.807) is 18.5 Å². The second-order valence-corrected chi connectivity index (χ2v) is 2.40. The zero-order chi connectivity index (χ0) is 8.93. The van der Waals surface area contributed by atoms with E-state index >= 15 is 0 Å². The van der Waals surface area contributed by atoms with Gasteiger partial charge in [-0.3, -0.25) is 4.98 Å². The third-order valence-corrected chi connectivity index (χ3v) is 1.48. The molecular formula is C9H7N3O. The Kier molecular flexibility index (Phi) is 2.14. The van der Waals surface area contributed by atoms with Crippen molar-refractivity contribution in [3.8, 4) is 0 Å². The molecule has 13 heavy (non-hydrogen) atoms. The fourth-order valence-corrected chi connectivity index (χ4v) is 0.897. The standard InChI is InChI=1S/C9H7N3O/c1-2-8(6-10-5-1)3-4-9-11-7-12-13-9/h1-7H. The first-order valence-corrected chi connectivity index (χ1v) is 3.80. The third-order valence-electron chi connectivity index (χ3n) is 1.48. The minimum Gasteiger partial charge on any atom is -0.335 e. The lowest BCUT2D eigenvalue weighted by Gasteiger charge is -1.87. The predicted octanol–water partition coefficient (Wildman–Crippen LogP) is 1.64. The van der Waals surface area contributed by atoms with E-state index in [4.69, 9.17) is 4.52 Å². The van der Waals surface area contributed by atoms with Gasteiger partial charge in [-0.15, -0.1) is 0 Å². The van der Waals surface area contributed by atoms with E-state index in [0.717, 1.165) is 5.56 Å². The molecule has 4 nitrogen and oxygen atoms in total. The maximum absolute atomic E-state index is 4.79. The van der Waals surface area contributed by atoms with Gasteiger partial charge in [0, 0.05) is 18.5 Å². The quantitative estimate of drug-likeness (QED) is 0.692. The van der Waals surface area contributed by atoms with E-state index < -0.39 is 0 Å². The van der Waals surface area contributed by atoms with Crippen LogP contribution in [0.25, 0.3) is 12.2 Å². The van der Waals surface area contributed by atoms with Crippen LogP contribution >= 0.6 is 0 Å². The lowest BCUT2D eigenvalue weighted by Crippen LogP contribution is -1.73. The third kappa shape index (κ3) is 1.99. The van der Waals surface area contributed by atoms with Crippen LogP contribution in [0.2, 0.25) is 0 Å². The van der Waals surface area contributed by atoms with E-state index in [2.05, 4.69) is 15.1 Å². The molecule has 0 spiro atoms. The van der Waals surface area contributed by atoms with Crippen molar-refractivity contribution < 1.29 is 4.52 Å². The lowest BCUT2D eigenvalue weighted by molar-refractivity contribution is 0.409. The Morgan fingerprint density at radius 2 is 2.31 bits per heavy atom. The van der Waals surface area contributed by atoms with Crippen LogP contribution in [0.4, 0.5) is 0 Å². The number of hydrogen-bond donors (Lipinski definition) is 0. The predicted molar refractivity (Wildman–Crippen MR) is 47.5 cm³/mol. The van der Waals surface area contributed by atoms with Crippen LogP contribution in [0.5, 0.6) is 0 Å². The molecule has 0 aliphatic heterocycles. The summed E-state index contributed by atoms with van der Waals surface area (Å²) in [6.45, 7) is 0. The normalized spacial score (nSPS) is 10.8. The second kappa shape index (κ2) is 3.62. The minimum absolute atomic E-state index is 0.490. The van der Waals surface area contributed by atoms with E-state index in [1.165, 1.54) is 6.33 Å². The first-order valence-electron chi connectivity index (χ1n) is 3.80. The van der Waals surface area contributed by atoms with Gasteiger partial charge in [-0.2, -0.15) is 4.98 Å². The molecule has 0 aliphatic carbocycles. The summed E-state index contributed by atoms with van der Waals surface area (Å²) in [6.07, 6.45) is 8.45. The Hall–Kier alpha value is -1.97. The molecule has 0 saturated heterocycles. The molecule has 2 aromatic heterocycles. The van der Waals surface area contributed by atoms with Crippen molar-refractivity contribution in [2.24, 2.45) is 0 Å². The molecule has 0 radical (unpaired) electrons. The largest absolute Gasteiger partial charge is 0.335 e. The van der Waals surface area contributed by atoms with Gasteiger partial charge in [0.25, 0.3) is 0 Å². The highest BCUT2D eigenvalue weighted by molar-refractivity contribution is 5.65. The van der Waals surface area contributed by atoms with Crippen LogP contribution in [0.3, 0.4) is 0 Å². The summed E-state index contributed by atoms with van der Waals surface area (Å²) >= 11 is 0. The summed E-state index contributed by atoms with van der Waals surface area (Å²) in [7, 11) is 0. The zero-order valence-corrected chi connectivity index (χ0v) is 6.79. The number of aromatic nitrogens is 3. The number of nitrogens with zero attached hydrogens (tertiary/aromatic N) is 3. The van der Waals surface area contributed by atoms with Crippen molar-refractivity contribution in [2.75, 3.05) is 0 Å². The number of pyridine rings is 1. The molecule has 2 aromatic rings. The topological polar surface area (TPSA) is 51.8 Å². The average Bonchev–Trinajstić information content (AvgIpc) is 2.69. The second-order valence-electron chi connectivity index (χ2n) is 2.40. The van der Waals surface area contributed by atoms with Crippen molar-refractivity contribution in [3.63, 3.8) is 0 Å². The van der Waals surface area contributed by atoms with E-state index in [0.29, 0.717) is 5.89 Å². The van der Waals surface area contributed by atoms with Gasteiger partial charge in [0.15, 0.2) is 6.33 Å². The Morgan fingerprint density at radius 1 is 1.31 bits per heavy atom. The molecular weight excluding hydrogens is 166 g/mol. The fourth-order valence-electron chi connectivity index (χ4n) is 0.897. The maximum Gasteiger partial charge on any atom is 0.250 e. The van der Waals surface area contributed by atoms with Crippen molar-refractivity contribution in [1.29, 1.82) is 0 Å². The molecule has 0 atom stereocenters. The molecule has 0 saturated carbocycles. The number of rotatable bonds is 2. The molecule has 0 bridgehead atoms. The van der Waals surface area contributed by atoms with Gasteiger partial charge in [-0.1, -0.05) is 11.2 Å². The highest BCUT2D eigenvalue weighted by atomic mass is 16.5. The van der Waals surface area contributed by atoms with Gasteiger partial charge in [0.05, 0.1) is 0 Å². The molecule has 64 valence electrons. The van der Waals surface area contributed by atoms with Gasteiger partial charge in [-0.05, 0) is 17.7 Å². The number of hydrogen-bond acceptors (Lipinski definition) is 4. The van der Waals surface area contributed by atoms with E-state index in [9.17, 15) is 0 Å². The minimum atomic E-state index is 0.490. The van der Waals surface area contributed by atoms with Crippen molar-refractivity contribution in [1.82, 2.24) is 15.1 Å². The molecule has 2 heterocycles. The van der Waals surface area contributed by atoms with Crippen LogP contribution in [0.15, 0.2) is 35.4 Å². The summed E-state index contributed by atoms with van der Waals surface area (Å²) in [6, 6.07) is 3.81. The Balaban J connectivity index is 2.15. The van der Waals surface area contributed by atoms with Crippen LogP contribution in [-0.2, 0) is 0 Å². The molecule has 0 unspecified atom stereocenters. The van der Waals surface area contributed by atoms with Crippen LogP contribution in [-0.4, -0.2) is 15.1 Å². The average molecular weight is 173 g/mol. The first-order chi connectivity index (χ1) is 6.45. The summed E-state index contributed by atoms with van der Waals surface area (Å²) in [4.78, 5) is 7.81. The molecule has 2 rings (SSSR count). The van der Waals surface area contributed by atoms with Gasteiger partial charge in [-0.25, -0.2) is 0 Å². The lowest BCUT2D eigenvalue weighted by atomic mass is 10.2. The van der Waals surface area contributed by atoms with Crippen molar-refractivity contribution in [2.45, 2.75) is 0 Å². The maximum atomic E-state index is 4.79. The van der Waals surface area contributed by atoms with Crippen molar-refractivity contribution in [3.05, 3.63) is 42.3 Å². The molecule has 4 heteroatoms. The molecule has 0 aliphatic rings. The summed E-state index contributed by atoms with van der Waals surface area (Å²) < 4.78 is 4.79. The van der Waals surface area contributed by atoms with Gasteiger partial charge in [0.2, 0.25) is 5.89 Å². The SMILES string of the molecule is C(=Cc1ncno1)c1cccnc1. The zero-order valence-electron chi connectivity index (χ0n) is 6.79. The van der Waals surface area contributed by atoms with Crippen LogP contribution < -0.4 is 0 Å². The van der Waals surface area contributed by atoms with Crippen molar-refractivity contribution >= 4 is 12.2 Å².